The summed E-state index contributed by atoms with van der Waals surface area (Å²) in [5.74, 6) is -1.19. The van der Waals surface area contributed by atoms with Gasteiger partial charge in [0.15, 0.2) is 11.5 Å². The predicted octanol–water partition coefficient (Wildman–Crippen LogP) is 3.48. The first-order valence-electron chi connectivity index (χ1n) is 11.1. The molecular formula is C25H28N2O7. The number of carbonyl (C=O) groups excluding carboxylic acids is 1. The van der Waals surface area contributed by atoms with Gasteiger partial charge in [-0.05, 0) is 48.7 Å². The molecule has 0 saturated heterocycles. The molecule has 4 N–H and O–H groups in total. The molecule has 0 spiro atoms. The van der Waals surface area contributed by atoms with E-state index in [-0.39, 0.29) is 23.4 Å². The highest BCUT2D eigenvalue weighted by Crippen LogP contribution is 2.34. The van der Waals surface area contributed by atoms with Crippen LogP contribution in [0, 0.1) is 0 Å². The van der Waals surface area contributed by atoms with E-state index in [1.54, 1.807) is 18.2 Å². The maximum Gasteiger partial charge on any atom is 0.339 e. The Hall–Kier alpha value is -4.01. The third-order valence-corrected chi connectivity index (χ3v) is 5.39. The second kappa shape index (κ2) is 11.2. The summed E-state index contributed by atoms with van der Waals surface area (Å²) in [5, 5.41) is 22.0. The van der Waals surface area contributed by atoms with Crippen molar-refractivity contribution in [1.29, 1.82) is 0 Å². The van der Waals surface area contributed by atoms with Crippen molar-refractivity contribution in [3.8, 4) is 17.2 Å². The van der Waals surface area contributed by atoms with Gasteiger partial charge in [-0.15, -0.1) is 0 Å². The van der Waals surface area contributed by atoms with Crippen LogP contribution in [0.5, 0.6) is 17.2 Å². The Bertz CT molecular complexity index is 1250. The maximum absolute atomic E-state index is 12.7. The number of rotatable bonds is 11. The molecule has 0 aliphatic heterocycles. The zero-order valence-electron chi connectivity index (χ0n) is 19.1. The number of carboxylic acid groups (broad SMARTS) is 1. The summed E-state index contributed by atoms with van der Waals surface area (Å²) in [4.78, 5) is 39.2. The molecule has 0 bridgehead atoms. The number of phenols is 1. The van der Waals surface area contributed by atoms with Crippen LogP contribution in [-0.2, 0) is 6.42 Å². The fourth-order valence-corrected chi connectivity index (χ4v) is 3.55. The SMILES string of the molecule is CCCCCOc1c(OC)ccc2cc(C(=O)NCCc3ccc(O)c(C(=O)O)c3)c(=O)[nH]c12. The first kappa shape index (κ1) is 24.6. The molecule has 3 aromatic rings. The number of aromatic hydroxyl groups is 1. The molecular weight excluding hydrogens is 440 g/mol. The average Bonchev–Trinajstić information content (AvgIpc) is 2.82. The molecule has 0 saturated carbocycles. The Balaban J connectivity index is 1.76. The van der Waals surface area contributed by atoms with Gasteiger partial charge in [0.1, 0.15) is 16.9 Å². The van der Waals surface area contributed by atoms with E-state index in [1.165, 1.54) is 25.3 Å². The summed E-state index contributed by atoms with van der Waals surface area (Å²) in [6, 6.07) is 9.19. The van der Waals surface area contributed by atoms with Gasteiger partial charge >= 0.3 is 5.97 Å². The van der Waals surface area contributed by atoms with Crippen molar-refractivity contribution >= 4 is 22.8 Å². The first-order valence-corrected chi connectivity index (χ1v) is 11.1. The second-order valence-electron chi connectivity index (χ2n) is 7.79. The summed E-state index contributed by atoms with van der Waals surface area (Å²) >= 11 is 0. The predicted molar refractivity (Wildman–Crippen MR) is 127 cm³/mol. The van der Waals surface area contributed by atoms with Crippen LogP contribution in [0.4, 0.5) is 0 Å². The van der Waals surface area contributed by atoms with Gasteiger partial charge in [0.25, 0.3) is 11.5 Å². The minimum Gasteiger partial charge on any atom is -0.507 e. The average molecular weight is 469 g/mol. The Labute approximate surface area is 196 Å². The van der Waals surface area contributed by atoms with Crippen LogP contribution in [0.1, 0.15) is 52.5 Å². The number of aromatic carboxylic acids is 1. The van der Waals surface area contributed by atoms with Crippen molar-refractivity contribution in [3.05, 3.63) is 63.4 Å². The molecule has 1 heterocycles. The molecule has 3 rings (SSSR count). The Kier molecular flexibility index (Phi) is 8.13. The summed E-state index contributed by atoms with van der Waals surface area (Å²) in [5.41, 5.74) is 0.265. The van der Waals surface area contributed by atoms with Gasteiger partial charge in [-0.2, -0.15) is 0 Å². The molecule has 1 aromatic heterocycles. The molecule has 0 unspecified atom stereocenters. The largest absolute Gasteiger partial charge is 0.507 e. The number of methoxy groups -OCH3 is 1. The zero-order chi connectivity index (χ0) is 24.7. The monoisotopic (exact) mass is 468 g/mol. The highest BCUT2D eigenvalue weighted by Gasteiger charge is 2.17. The van der Waals surface area contributed by atoms with Gasteiger partial charge in [0.2, 0.25) is 0 Å². The molecule has 0 fully saturated rings. The number of nitrogens with one attached hydrogen (secondary N) is 2. The van der Waals surface area contributed by atoms with Crippen LogP contribution in [-0.4, -0.2) is 47.3 Å². The van der Waals surface area contributed by atoms with E-state index in [0.717, 1.165) is 19.3 Å². The number of benzene rings is 2. The van der Waals surface area contributed by atoms with Crippen LogP contribution in [0.2, 0.25) is 0 Å². The molecule has 0 radical (unpaired) electrons. The fourth-order valence-electron chi connectivity index (χ4n) is 3.55. The third-order valence-electron chi connectivity index (χ3n) is 5.39. The highest BCUT2D eigenvalue weighted by atomic mass is 16.5. The number of ether oxygens (including phenoxy) is 2. The minimum absolute atomic E-state index is 0.0495. The van der Waals surface area contributed by atoms with E-state index in [2.05, 4.69) is 17.2 Å². The fraction of sp³-hybridized carbons (Fsp3) is 0.320. The van der Waals surface area contributed by atoms with Crippen LogP contribution in [0.3, 0.4) is 0 Å². The van der Waals surface area contributed by atoms with Crippen LogP contribution >= 0.6 is 0 Å². The van der Waals surface area contributed by atoms with Gasteiger partial charge in [0.05, 0.1) is 19.2 Å². The molecule has 180 valence electrons. The quantitative estimate of drug-likeness (QED) is 0.316. The number of pyridine rings is 1. The Morgan fingerprint density at radius 3 is 2.59 bits per heavy atom. The number of carbonyl (C=O) groups is 2. The number of hydrogen-bond acceptors (Lipinski definition) is 6. The topological polar surface area (TPSA) is 138 Å². The van der Waals surface area contributed by atoms with E-state index in [4.69, 9.17) is 14.6 Å². The summed E-state index contributed by atoms with van der Waals surface area (Å²) < 4.78 is 11.3. The molecule has 0 atom stereocenters. The van der Waals surface area contributed by atoms with E-state index < -0.39 is 17.4 Å². The number of unbranched alkanes of at least 4 members (excludes halogenated alkanes) is 2. The number of aromatic amines is 1. The molecule has 34 heavy (non-hydrogen) atoms. The number of aromatic nitrogens is 1. The van der Waals surface area contributed by atoms with Crippen molar-refractivity contribution in [2.24, 2.45) is 0 Å². The molecule has 0 aliphatic carbocycles. The van der Waals surface area contributed by atoms with E-state index in [9.17, 15) is 19.5 Å². The molecule has 9 nitrogen and oxygen atoms in total. The Morgan fingerprint density at radius 2 is 1.88 bits per heavy atom. The third kappa shape index (κ3) is 5.67. The molecule has 2 aromatic carbocycles. The van der Waals surface area contributed by atoms with E-state index in [0.29, 0.717) is 41.0 Å². The van der Waals surface area contributed by atoms with Crippen LogP contribution in [0.25, 0.3) is 10.9 Å². The smallest absolute Gasteiger partial charge is 0.339 e. The lowest BCUT2D eigenvalue weighted by molar-refractivity contribution is 0.0693. The van der Waals surface area contributed by atoms with Crippen LogP contribution in [0.15, 0.2) is 41.2 Å². The number of hydrogen-bond donors (Lipinski definition) is 4. The Morgan fingerprint density at radius 1 is 1.09 bits per heavy atom. The van der Waals surface area contributed by atoms with E-state index in [1.807, 2.05) is 0 Å². The summed E-state index contributed by atoms with van der Waals surface area (Å²) in [6.45, 7) is 2.75. The second-order valence-corrected chi connectivity index (χ2v) is 7.79. The van der Waals surface area contributed by atoms with Crippen molar-refractivity contribution in [1.82, 2.24) is 10.3 Å². The standard InChI is InChI=1S/C25H28N2O7/c1-3-4-5-12-34-22-20(33-2)9-7-16-14-18(24(30)27-21(16)22)23(29)26-11-10-15-6-8-19(28)17(13-15)25(31)32/h6-9,13-14,28H,3-5,10-12H2,1-2H3,(H,26,29)(H,27,30)(H,31,32). The van der Waals surface area contributed by atoms with Gasteiger partial charge in [0, 0.05) is 11.9 Å². The molecule has 9 heteroatoms. The van der Waals surface area contributed by atoms with Gasteiger partial charge in [-0.25, -0.2) is 4.79 Å². The molecule has 0 aliphatic rings. The zero-order valence-corrected chi connectivity index (χ0v) is 19.1. The van der Waals surface area contributed by atoms with Gasteiger partial charge < -0.3 is 30.0 Å². The highest BCUT2D eigenvalue weighted by molar-refractivity contribution is 5.98. The number of amides is 1. The van der Waals surface area contributed by atoms with Gasteiger partial charge in [-0.1, -0.05) is 25.8 Å². The van der Waals surface area contributed by atoms with Crippen LogP contribution < -0.4 is 20.3 Å². The summed E-state index contributed by atoms with van der Waals surface area (Å²) in [7, 11) is 1.52. The lowest BCUT2D eigenvalue weighted by Crippen LogP contribution is -2.31. The lowest BCUT2D eigenvalue weighted by Gasteiger charge is -2.14. The number of H-pyrrole nitrogens is 1. The van der Waals surface area contributed by atoms with Crippen molar-refractivity contribution < 1.29 is 29.3 Å². The summed E-state index contributed by atoms with van der Waals surface area (Å²) in [6.07, 6.45) is 3.27. The molecule has 1 amide bonds. The first-order chi connectivity index (χ1) is 16.3. The van der Waals surface area contributed by atoms with E-state index >= 15 is 0 Å². The van der Waals surface area contributed by atoms with Crippen molar-refractivity contribution in [2.75, 3.05) is 20.3 Å². The maximum atomic E-state index is 12.7. The van der Waals surface area contributed by atoms with Crippen molar-refractivity contribution in [3.63, 3.8) is 0 Å². The minimum atomic E-state index is -1.24. The van der Waals surface area contributed by atoms with Gasteiger partial charge in [-0.3, -0.25) is 9.59 Å². The normalized spacial score (nSPS) is 10.8. The number of carboxylic acids is 1. The number of fused-ring (bicyclic) bond motifs is 1. The van der Waals surface area contributed by atoms with Crippen molar-refractivity contribution in [2.45, 2.75) is 32.6 Å². The lowest BCUT2D eigenvalue weighted by atomic mass is 10.1.